The predicted octanol–water partition coefficient (Wildman–Crippen LogP) is 4.75. The molecule has 0 radical (unpaired) electrons. The summed E-state index contributed by atoms with van der Waals surface area (Å²) in [6.07, 6.45) is -4.53. The van der Waals surface area contributed by atoms with Gasteiger partial charge in [-0.25, -0.2) is 4.39 Å². The number of alkyl halides is 3. The molecule has 1 saturated heterocycles. The molecule has 4 rings (SSSR count). The van der Waals surface area contributed by atoms with Crippen LogP contribution >= 0.6 is 0 Å². The molecule has 0 unspecified atom stereocenters. The van der Waals surface area contributed by atoms with Gasteiger partial charge in [0, 0.05) is 38.3 Å². The number of rotatable bonds is 10. The van der Waals surface area contributed by atoms with E-state index in [2.05, 4.69) is 4.90 Å². The molecule has 0 aliphatic carbocycles. The topological polar surface area (TPSA) is 66.2 Å². The van der Waals surface area contributed by atoms with Gasteiger partial charge < -0.3 is 19.0 Å². The van der Waals surface area contributed by atoms with Crippen LogP contribution < -0.4 is 0 Å². The molecule has 1 aliphatic heterocycles. The molecular weight excluding hydrogens is 530 g/mol. The molecule has 214 valence electrons. The second-order valence-electron chi connectivity index (χ2n) is 9.64. The lowest BCUT2D eigenvalue weighted by Crippen LogP contribution is -2.47. The Balaban J connectivity index is 1.55. The van der Waals surface area contributed by atoms with Gasteiger partial charge in [0.25, 0.3) is 5.91 Å². The number of benzene rings is 2. The lowest BCUT2D eigenvalue weighted by atomic mass is 10.1. The highest BCUT2D eigenvalue weighted by atomic mass is 19.4. The van der Waals surface area contributed by atoms with E-state index in [1.54, 1.807) is 31.2 Å². The largest absolute Gasteiger partial charge is 0.464 e. The van der Waals surface area contributed by atoms with Gasteiger partial charge in [0.2, 0.25) is 5.91 Å². The zero-order valence-corrected chi connectivity index (χ0v) is 22.1. The van der Waals surface area contributed by atoms with E-state index in [1.807, 2.05) is 0 Å². The zero-order valence-electron chi connectivity index (χ0n) is 22.1. The maximum atomic E-state index is 13.6. The Kier molecular flexibility index (Phi) is 9.59. The first-order valence-electron chi connectivity index (χ1n) is 12.9. The smallest absolute Gasteiger partial charge is 0.416 e. The fraction of sp³-hybridized carbons (Fsp3) is 0.379. The van der Waals surface area contributed by atoms with E-state index in [0.29, 0.717) is 49.9 Å². The van der Waals surface area contributed by atoms with Crippen molar-refractivity contribution < 1.29 is 36.3 Å². The van der Waals surface area contributed by atoms with Gasteiger partial charge in [0.05, 0.1) is 25.3 Å². The third-order valence-electron chi connectivity index (χ3n) is 6.64. The van der Waals surface area contributed by atoms with Crippen molar-refractivity contribution in [2.45, 2.75) is 26.2 Å². The van der Waals surface area contributed by atoms with E-state index in [4.69, 9.17) is 9.15 Å². The van der Waals surface area contributed by atoms with Gasteiger partial charge in [-0.2, -0.15) is 13.2 Å². The Labute approximate surface area is 229 Å². The summed E-state index contributed by atoms with van der Waals surface area (Å²) in [5.74, 6) is -0.123. The summed E-state index contributed by atoms with van der Waals surface area (Å²) < 4.78 is 63.7. The number of ether oxygens (including phenoxy) is 1. The molecule has 0 saturated carbocycles. The maximum Gasteiger partial charge on any atom is 0.416 e. The van der Waals surface area contributed by atoms with Crippen LogP contribution in [0.15, 0.2) is 65.1 Å². The molecule has 2 aromatic carbocycles. The van der Waals surface area contributed by atoms with E-state index in [1.165, 1.54) is 21.9 Å². The summed E-state index contributed by atoms with van der Waals surface area (Å²) in [5, 5.41) is 0. The van der Waals surface area contributed by atoms with Crippen LogP contribution in [-0.2, 0) is 28.8 Å². The molecule has 3 aromatic rings. The fourth-order valence-electron chi connectivity index (χ4n) is 4.39. The van der Waals surface area contributed by atoms with E-state index in [-0.39, 0.29) is 37.6 Å². The molecule has 1 aliphatic rings. The maximum absolute atomic E-state index is 13.6. The Morgan fingerprint density at radius 2 is 1.57 bits per heavy atom. The molecule has 0 spiro atoms. The van der Waals surface area contributed by atoms with Crippen LogP contribution in [0.3, 0.4) is 0 Å². The standard InChI is InChI=1S/C29H31F4N3O4/c1-21-2-11-26(40-21)19-36(18-22-3-9-25(30)10-4-22)27(37)20-35(13-12-34-14-16-39-17-15-34)28(38)23-5-7-24(8-6-23)29(31,32)33/h2-11H,12-20H2,1H3. The van der Waals surface area contributed by atoms with Crippen LogP contribution in [-0.4, -0.2) is 72.5 Å². The number of carbonyl (C=O) groups is 2. The summed E-state index contributed by atoms with van der Waals surface area (Å²) >= 11 is 0. The summed E-state index contributed by atoms with van der Waals surface area (Å²) in [6, 6.07) is 13.3. The highest BCUT2D eigenvalue weighted by molar-refractivity contribution is 5.96. The molecule has 7 nitrogen and oxygen atoms in total. The molecule has 0 N–H and O–H groups in total. The minimum atomic E-state index is -4.53. The molecule has 11 heteroatoms. The number of amides is 2. The normalized spacial score (nSPS) is 14.2. The van der Waals surface area contributed by atoms with Crippen LogP contribution in [0.25, 0.3) is 0 Å². The van der Waals surface area contributed by atoms with Crippen molar-refractivity contribution in [3.05, 3.63) is 94.7 Å². The van der Waals surface area contributed by atoms with Crippen LogP contribution in [0, 0.1) is 12.7 Å². The Hall–Kier alpha value is -3.70. The summed E-state index contributed by atoms with van der Waals surface area (Å²) in [6.45, 7) is 4.86. The molecule has 0 bridgehead atoms. The number of halogens is 4. The Morgan fingerprint density at radius 3 is 2.17 bits per heavy atom. The molecule has 0 atom stereocenters. The average Bonchev–Trinajstić information content (AvgIpc) is 3.35. The van der Waals surface area contributed by atoms with E-state index < -0.39 is 23.5 Å². The van der Waals surface area contributed by atoms with Gasteiger partial charge in [-0.1, -0.05) is 12.1 Å². The first-order valence-corrected chi connectivity index (χ1v) is 12.9. The van der Waals surface area contributed by atoms with Crippen molar-refractivity contribution in [3.63, 3.8) is 0 Å². The van der Waals surface area contributed by atoms with Crippen molar-refractivity contribution in [1.82, 2.24) is 14.7 Å². The minimum absolute atomic E-state index is 0.0505. The van der Waals surface area contributed by atoms with Crippen molar-refractivity contribution in [2.75, 3.05) is 45.9 Å². The molecule has 1 fully saturated rings. The first kappa shape index (κ1) is 29.3. The van der Waals surface area contributed by atoms with Gasteiger partial charge in [0.15, 0.2) is 0 Å². The van der Waals surface area contributed by atoms with E-state index in [0.717, 1.165) is 24.3 Å². The van der Waals surface area contributed by atoms with Crippen molar-refractivity contribution >= 4 is 11.8 Å². The van der Waals surface area contributed by atoms with Crippen molar-refractivity contribution in [1.29, 1.82) is 0 Å². The molecule has 2 amide bonds. The van der Waals surface area contributed by atoms with Gasteiger partial charge in [-0.15, -0.1) is 0 Å². The Morgan fingerprint density at radius 1 is 0.900 bits per heavy atom. The first-order chi connectivity index (χ1) is 19.1. The van der Waals surface area contributed by atoms with E-state index in [9.17, 15) is 27.2 Å². The molecule has 1 aromatic heterocycles. The van der Waals surface area contributed by atoms with Crippen molar-refractivity contribution in [3.8, 4) is 0 Å². The predicted molar refractivity (Wildman–Crippen MR) is 139 cm³/mol. The van der Waals surface area contributed by atoms with Crippen LogP contribution in [0.5, 0.6) is 0 Å². The average molecular weight is 562 g/mol. The van der Waals surface area contributed by atoms with Crippen LogP contribution in [0.4, 0.5) is 17.6 Å². The Bertz CT molecular complexity index is 1270. The van der Waals surface area contributed by atoms with Crippen molar-refractivity contribution in [2.24, 2.45) is 0 Å². The quantitative estimate of drug-likeness (QED) is 0.335. The molecule has 2 heterocycles. The highest BCUT2D eigenvalue weighted by Gasteiger charge is 2.31. The fourth-order valence-corrected chi connectivity index (χ4v) is 4.39. The number of hydrogen-bond donors (Lipinski definition) is 0. The summed E-state index contributed by atoms with van der Waals surface area (Å²) in [5.41, 5.74) is -0.124. The van der Waals surface area contributed by atoms with Gasteiger partial charge in [-0.05, 0) is 61.0 Å². The third-order valence-corrected chi connectivity index (χ3v) is 6.64. The number of aryl methyl sites for hydroxylation is 1. The lowest BCUT2D eigenvalue weighted by molar-refractivity contribution is -0.137. The van der Waals surface area contributed by atoms with Gasteiger partial charge >= 0.3 is 6.18 Å². The lowest BCUT2D eigenvalue weighted by Gasteiger charge is -2.31. The summed E-state index contributed by atoms with van der Waals surface area (Å²) in [7, 11) is 0. The second kappa shape index (κ2) is 13.1. The summed E-state index contributed by atoms with van der Waals surface area (Å²) in [4.78, 5) is 32.1. The number of hydrogen-bond acceptors (Lipinski definition) is 5. The number of carbonyl (C=O) groups excluding carboxylic acids is 2. The van der Waals surface area contributed by atoms with Gasteiger partial charge in [0.1, 0.15) is 23.9 Å². The minimum Gasteiger partial charge on any atom is -0.464 e. The monoisotopic (exact) mass is 561 g/mol. The van der Waals surface area contributed by atoms with Crippen LogP contribution in [0.2, 0.25) is 0 Å². The zero-order chi connectivity index (χ0) is 28.7. The van der Waals surface area contributed by atoms with Gasteiger partial charge in [-0.3, -0.25) is 14.5 Å². The van der Waals surface area contributed by atoms with Crippen LogP contribution in [0.1, 0.15) is 33.0 Å². The third kappa shape index (κ3) is 8.15. The second-order valence-corrected chi connectivity index (χ2v) is 9.64. The molecular formula is C29H31F4N3O4. The molecule has 40 heavy (non-hydrogen) atoms. The highest BCUT2D eigenvalue weighted by Crippen LogP contribution is 2.29. The number of furan rings is 1. The number of morpholine rings is 1. The van der Waals surface area contributed by atoms with E-state index >= 15 is 0 Å². The number of nitrogens with zero attached hydrogens (tertiary/aromatic N) is 3. The SMILES string of the molecule is Cc1ccc(CN(Cc2ccc(F)cc2)C(=O)CN(CCN2CCOCC2)C(=O)c2ccc(C(F)(F)F)cc2)o1.